The lowest BCUT2D eigenvalue weighted by molar-refractivity contribution is 0.251. The summed E-state index contributed by atoms with van der Waals surface area (Å²) in [6, 6.07) is 3.74. The number of hydrogen-bond donors (Lipinski definition) is 1. The van der Waals surface area contributed by atoms with Crippen molar-refractivity contribution in [3.63, 3.8) is 0 Å². The maximum Gasteiger partial charge on any atom is 0.289 e. The number of hydrogen-bond acceptors (Lipinski definition) is 4. The molecule has 2 rings (SSSR count). The van der Waals surface area contributed by atoms with Gasteiger partial charge in [-0.3, -0.25) is 0 Å². The van der Waals surface area contributed by atoms with Gasteiger partial charge in [0, 0.05) is 6.04 Å². The Labute approximate surface area is 134 Å². The predicted molar refractivity (Wildman–Crippen MR) is 85.3 cm³/mol. The van der Waals surface area contributed by atoms with E-state index in [-0.39, 0.29) is 0 Å². The molecule has 1 saturated carbocycles. The van der Waals surface area contributed by atoms with Gasteiger partial charge in [-0.05, 0) is 56.3 Å². The summed E-state index contributed by atoms with van der Waals surface area (Å²) in [7, 11) is 3.06. The fraction of sp³-hybridized carbons (Fsp3) is 0.625. The summed E-state index contributed by atoms with van der Waals surface area (Å²) in [4.78, 5) is 0.400. The SMILES string of the molecule is COc1cc(SC(F)F)c(OC)cc1CC(C)NCC1CC1. The number of methoxy groups -OCH3 is 2. The van der Waals surface area contributed by atoms with Crippen LogP contribution in [0.2, 0.25) is 0 Å². The first-order valence-electron chi connectivity index (χ1n) is 7.46. The number of thioether (sulfide) groups is 1. The van der Waals surface area contributed by atoms with Gasteiger partial charge < -0.3 is 14.8 Å². The van der Waals surface area contributed by atoms with Gasteiger partial charge >= 0.3 is 0 Å². The van der Waals surface area contributed by atoms with E-state index < -0.39 is 5.76 Å². The zero-order valence-electron chi connectivity index (χ0n) is 13.2. The Kier molecular flexibility index (Phi) is 6.32. The first-order valence-corrected chi connectivity index (χ1v) is 8.34. The molecule has 1 fully saturated rings. The molecule has 0 amide bonds. The minimum Gasteiger partial charge on any atom is -0.496 e. The molecule has 0 saturated heterocycles. The van der Waals surface area contributed by atoms with Gasteiger partial charge in [-0.1, -0.05) is 11.8 Å². The van der Waals surface area contributed by atoms with E-state index in [2.05, 4.69) is 12.2 Å². The number of rotatable bonds is 9. The van der Waals surface area contributed by atoms with Crippen molar-refractivity contribution in [3.8, 4) is 11.5 Å². The lowest BCUT2D eigenvalue weighted by atomic mass is 10.1. The normalized spacial score (nSPS) is 15.9. The lowest BCUT2D eigenvalue weighted by Gasteiger charge is -2.18. The van der Waals surface area contributed by atoms with E-state index >= 15 is 0 Å². The van der Waals surface area contributed by atoms with Crippen LogP contribution in [0, 0.1) is 5.92 Å². The molecule has 1 aromatic rings. The maximum atomic E-state index is 12.6. The van der Waals surface area contributed by atoms with Crippen molar-refractivity contribution in [3.05, 3.63) is 17.7 Å². The zero-order valence-corrected chi connectivity index (χ0v) is 14.0. The first kappa shape index (κ1) is 17.3. The molecule has 1 N–H and O–H groups in total. The topological polar surface area (TPSA) is 30.5 Å². The van der Waals surface area contributed by atoms with Gasteiger partial charge in [0.05, 0.1) is 19.1 Å². The highest BCUT2D eigenvalue weighted by atomic mass is 32.2. The second-order valence-electron chi connectivity index (χ2n) is 5.65. The Morgan fingerprint density at radius 1 is 1.23 bits per heavy atom. The molecule has 0 heterocycles. The Hall–Kier alpha value is -1.01. The van der Waals surface area contributed by atoms with Gasteiger partial charge in [0.15, 0.2) is 0 Å². The lowest BCUT2D eigenvalue weighted by Crippen LogP contribution is -2.30. The van der Waals surface area contributed by atoms with Crippen molar-refractivity contribution in [2.75, 3.05) is 20.8 Å². The standard InChI is InChI=1S/C16H23F2NO2S/c1-10(19-9-11-4-5-11)6-12-7-14(21-3)15(22-16(17)18)8-13(12)20-2/h7-8,10-11,16,19H,4-6,9H2,1-3H3. The quantitative estimate of drug-likeness (QED) is 0.694. The van der Waals surface area contributed by atoms with Crippen LogP contribution in [0.1, 0.15) is 25.3 Å². The second kappa shape index (κ2) is 8.02. The molecular weight excluding hydrogens is 308 g/mol. The fourth-order valence-corrected chi connectivity index (χ4v) is 3.00. The van der Waals surface area contributed by atoms with E-state index in [0.29, 0.717) is 34.2 Å². The molecule has 0 bridgehead atoms. The summed E-state index contributed by atoms with van der Waals surface area (Å²) in [5.41, 5.74) is 0.966. The van der Waals surface area contributed by atoms with Crippen molar-refractivity contribution < 1.29 is 18.3 Å². The average Bonchev–Trinajstić information content (AvgIpc) is 3.29. The van der Waals surface area contributed by atoms with Crippen LogP contribution in [-0.4, -0.2) is 32.6 Å². The van der Waals surface area contributed by atoms with Gasteiger partial charge in [0.2, 0.25) is 0 Å². The summed E-state index contributed by atoms with van der Waals surface area (Å²) in [6.45, 7) is 3.16. The number of halogens is 2. The molecule has 1 aliphatic carbocycles. The number of benzene rings is 1. The fourth-order valence-electron chi connectivity index (χ4n) is 2.37. The third kappa shape index (κ3) is 5.02. The summed E-state index contributed by atoms with van der Waals surface area (Å²) >= 11 is 0.475. The van der Waals surface area contributed by atoms with Crippen LogP contribution in [0.5, 0.6) is 11.5 Å². The number of alkyl halides is 2. The van der Waals surface area contributed by atoms with Crippen LogP contribution in [-0.2, 0) is 6.42 Å². The minimum absolute atomic E-state index is 0.299. The van der Waals surface area contributed by atoms with Crippen molar-refractivity contribution in [2.24, 2.45) is 5.92 Å². The van der Waals surface area contributed by atoms with Crippen LogP contribution >= 0.6 is 11.8 Å². The minimum atomic E-state index is -2.48. The Balaban J connectivity index is 2.10. The van der Waals surface area contributed by atoms with Crippen LogP contribution in [0.25, 0.3) is 0 Å². The van der Waals surface area contributed by atoms with Crippen molar-refractivity contribution >= 4 is 11.8 Å². The van der Waals surface area contributed by atoms with Crippen molar-refractivity contribution in [1.82, 2.24) is 5.32 Å². The van der Waals surface area contributed by atoms with E-state index in [4.69, 9.17) is 9.47 Å². The number of nitrogens with one attached hydrogen (secondary N) is 1. The van der Waals surface area contributed by atoms with E-state index in [1.165, 1.54) is 20.0 Å². The molecule has 1 atom stereocenters. The summed E-state index contributed by atoms with van der Waals surface area (Å²) in [5, 5.41) is 3.51. The molecule has 1 aliphatic rings. The Morgan fingerprint density at radius 2 is 1.91 bits per heavy atom. The van der Waals surface area contributed by atoms with Gasteiger partial charge in [-0.2, -0.15) is 8.78 Å². The Morgan fingerprint density at radius 3 is 2.45 bits per heavy atom. The molecule has 1 unspecified atom stereocenters. The molecule has 0 aromatic heterocycles. The van der Waals surface area contributed by atoms with Crippen LogP contribution in [0.3, 0.4) is 0 Å². The molecule has 0 aliphatic heterocycles. The van der Waals surface area contributed by atoms with E-state index in [9.17, 15) is 8.78 Å². The highest BCUT2D eigenvalue weighted by Crippen LogP contribution is 2.38. The largest absolute Gasteiger partial charge is 0.496 e. The third-order valence-electron chi connectivity index (χ3n) is 3.76. The zero-order chi connectivity index (χ0) is 16.1. The summed E-state index contributed by atoms with van der Waals surface area (Å²) in [6.07, 6.45) is 3.40. The van der Waals surface area contributed by atoms with Crippen molar-refractivity contribution in [2.45, 2.75) is 42.9 Å². The van der Waals surface area contributed by atoms with Crippen molar-refractivity contribution in [1.29, 1.82) is 0 Å². The smallest absolute Gasteiger partial charge is 0.289 e. The molecule has 22 heavy (non-hydrogen) atoms. The molecular formula is C16H23F2NO2S. The Bertz CT molecular complexity index is 495. The van der Waals surface area contributed by atoms with E-state index in [0.717, 1.165) is 24.4 Å². The average molecular weight is 331 g/mol. The molecule has 3 nitrogen and oxygen atoms in total. The summed E-state index contributed by atoms with van der Waals surface area (Å²) < 4.78 is 35.9. The molecule has 124 valence electrons. The van der Waals surface area contributed by atoms with Gasteiger partial charge in [-0.15, -0.1) is 0 Å². The van der Waals surface area contributed by atoms with Crippen LogP contribution in [0.15, 0.2) is 17.0 Å². The summed E-state index contributed by atoms with van der Waals surface area (Å²) in [5.74, 6) is -0.563. The highest BCUT2D eigenvalue weighted by molar-refractivity contribution is 7.99. The van der Waals surface area contributed by atoms with Gasteiger partial charge in [0.1, 0.15) is 11.5 Å². The maximum absolute atomic E-state index is 12.6. The molecule has 0 radical (unpaired) electrons. The van der Waals surface area contributed by atoms with E-state index in [1.54, 1.807) is 19.2 Å². The van der Waals surface area contributed by atoms with Gasteiger partial charge in [-0.25, -0.2) is 0 Å². The van der Waals surface area contributed by atoms with Crippen LogP contribution in [0.4, 0.5) is 8.78 Å². The number of ether oxygens (including phenoxy) is 2. The first-order chi connectivity index (χ1) is 10.5. The molecule has 0 spiro atoms. The molecule has 1 aromatic carbocycles. The van der Waals surface area contributed by atoms with E-state index in [1.807, 2.05) is 0 Å². The van der Waals surface area contributed by atoms with Crippen LogP contribution < -0.4 is 14.8 Å². The third-order valence-corrected chi connectivity index (χ3v) is 4.51. The van der Waals surface area contributed by atoms with Gasteiger partial charge in [0.25, 0.3) is 5.76 Å². The highest BCUT2D eigenvalue weighted by Gasteiger charge is 2.22. The predicted octanol–water partition coefficient (Wildman–Crippen LogP) is 3.95. The second-order valence-corrected chi connectivity index (χ2v) is 6.68. The molecule has 6 heteroatoms. The monoisotopic (exact) mass is 331 g/mol.